The van der Waals surface area contributed by atoms with Gasteiger partial charge in [-0.05, 0) is 48.2 Å². The second kappa shape index (κ2) is 5.66. The van der Waals surface area contributed by atoms with Crippen LogP contribution in [0.15, 0.2) is 46.9 Å². The molecule has 98 valence electrons. The van der Waals surface area contributed by atoms with Crippen molar-refractivity contribution in [2.45, 2.75) is 19.4 Å². The quantitative estimate of drug-likeness (QED) is 0.906. The fourth-order valence-electron chi connectivity index (χ4n) is 2.44. The maximum atomic E-state index is 5.88. The van der Waals surface area contributed by atoms with E-state index in [9.17, 15) is 0 Å². The maximum Gasteiger partial charge on any atom is 0.120 e. The normalized spacial score (nSPS) is 13.5. The Balaban J connectivity index is 1.77. The summed E-state index contributed by atoms with van der Waals surface area (Å²) in [7, 11) is 0. The summed E-state index contributed by atoms with van der Waals surface area (Å²) in [6.45, 7) is 1.70. The molecule has 0 unspecified atom stereocenters. The van der Waals surface area contributed by atoms with Crippen LogP contribution in [0.2, 0.25) is 0 Å². The van der Waals surface area contributed by atoms with E-state index in [-0.39, 0.29) is 0 Å². The molecule has 19 heavy (non-hydrogen) atoms. The summed E-state index contributed by atoms with van der Waals surface area (Å²) in [5, 5.41) is 3.45. The van der Waals surface area contributed by atoms with E-state index < -0.39 is 0 Å². The summed E-state index contributed by atoms with van der Waals surface area (Å²) in [5.41, 5.74) is 3.95. The van der Waals surface area contributed by atoms with Crippen LogP contribution in [0, 0.1) is 0 Å². The van der Waals surface area contributed by atoms with Gasteiger partial charge in [-0.2, -0.15) is 0 Å². The molecule has 0 fully saturated rings. The largest absolute Gasteiger partial charge is 0.489 e. The van der Waals surface area contributed by atoms with Crippen molar-refractivity contribution in [1.29, 1.82) is 0 Å². The highest BCUT2D eigenvalue weighted by Crippen LogP contribution is 2.26. The van der Waals surface area contributed by atoms with E-state index in [1.54, 1.807) is 0 Å². The summed E-state index contributed by atoms with van der Waals surface area (Å²) >= 11 is 3.46. The van der Waals surface area contributed by atoms with Crippen LogP contribution < -0.4 is 10.1 Å². The zero-order valence-electron chi connectivity index (χ0n) is 10.7. The molecule has 2 nitrogen and oxygen atoms in total. The molecule has 2 aromatic carbocycles. The molecule has 3 rings (SSSR count). The van der Waals surface area contributed by atoms with Gasteiger partial charge in [0, 0.05) is 16.7 Å². The minimum Gasteiger partial charge on any atom is -0.489 e. The van der Waals surface area contributed by atoms with Gasteiger partial charge in [0.25, 0.3) is 0 Å². The van der Waals surface area contributed by atoms with Crippen molar-refractivity contribution in [1.82, 2.24) is 0 Å². The van der Waals surface area contributed by atoms with Gasteiger partial charge in [0.15, 0.2) is 0 Å². The molecule has 0 amide bonds. The van der Waals surface area contributed by atoms with E-state index in [2.05, 4.69) is 39.4 Å². The van der Waals surface area contributed by atoms with Crippen molar-refractivity contribution in [2.24, 2.45) is 0 Å². The SMILES string of the molecule is Brc1cccc(OCc2cccc3c2CCCN3)c1. The number of ether oxygens (including phenoxy) is 1. The smallest absolute Gasteiger partial charge is 0.120 e. The Hall–Kier alpha value is -1.48. The summed E-state index contributed by atoms with van der Waals surface area (Å²) < 4.78 is 6.92. The molecule has 0 saturated carbocycles. The minimum absolute atomic E-state index is 0.626. The number of halogens is 1. The first kappa shape index (κ1) is 12.5. The molecule has 0 spiro atoms. The van der Waals surface area contributed by atoms with Crippen LogP contribution >= 0.6 is 15.9 Å². The molecule has 1 aliphatic heterocycles. The number of benzene rings is 2. The fraction of sp³-hybridized carbons (Fsp3) is 0.250. The molecule has 0 aliphatic carbocycles. The van der Waals surface area contributed by atoms with E-state index in [0.29, 0.717) is 6.61 Å². The lowest BCUT2D eigenvalue weighted by atomic mass is 9.98. The number of hydrogen-bond acceptors (Lipinski definition) is 2. The molecule has 1 N–H and O–H groups in total. The van der Waals surface area contributed by atoms with Crippen LogP contribution in [0.3, 0.4) is 0 Å². The Kier molecular flexibility index (Phi) is 3.74. The van der Waals surface area contributed by atoms with Gasteiger partial charge < -0.3 is 10.1 Å². The summed E-state index contributed by atoms with van der Waals surface area (Å²) in [5.74, 6) is 0.899. The van der Waals surface area contributed by atoms with Gasteiger partial charge in [-0.25, -0.2) is 0 Å². The first-order chi connectivity index (χ1) is 9.33. The molecule has 0 saturated heterocycles. The van der Waals surface area contributed by atoms with Crippen LogP contribution in [-0.4, -0.2) is 6.54 Å². The Bertz CT molecular complexity index is 583. The second-order valence-electron chi connectivity index (χ2n) is 4.72. The predicted molar refractivity (Wildman–Crippen MR) is 81.7 cm³/mol. The number of anilines is 1. The van der Waals surface area contributed by atoms with E-state index >= 15 is 0 Å². The third-order valence-electron chi connectivity index (χ3n) is 3.38. The molecular formula is C16H16BrNO. The average Bonchev–Trinajstić information content (AvgIpc) is 2.45. The highest BCUT2D eigenvalue weighted by Gasteiger charge is 2.12. The van der Waals surface area contributed by atoms with Crippen LogP contribution in [0.1, 0.15) is 17.5 Å². The Morgan fingerprint density at radius 3 is 2.95 bits per heavy atom. The van der Waals surface area contributed by atoms with E-state index in [1.807, 2.05) is 24.3 Å². The molecule has 0 atom stereocenters. The number of fused-ring (bicyclic) bond motifs is 1. The first-order valence-electron chi connectivity index (χ1n) is 6.56. The highest BCUT2D eigenvalue weighted by molar-refractivity contribution is 9.10. The van der Waals surface area contributed by atoms with Gasteiger partial charge in [-0.3, -0.25) is 0 Å². The molecular weight excluding hydrogens is 302 g/mol. The predicted octanol–water partition coefficient (Wildman–Crippen LogP) is 4.39. The third-order valence-corrected chi connectivity index (χ3v) is 3.88. The lowest BCUT2D eigenvalue weighted by Gasteiger charge is -2.21. The van der Waals surface area contributed by atoms with Gasteiger partial charge in [-0.1, -0.05) is 34.1 Å². The van der Waals surface area contributed by atoms with Gasteiger partial charge in [0.2, 0.25) is 0 Å². The lowest BCUT2D eigenvalue weighted by molar-refractivity contribution is 0.304. The minimum atomic E-state index is 0.626. The topological polar surface area (TPSA) is 21.3 Å². The maximum absolute atomic E-state index is 5.88. The molecule has 1 aliphatic rings. The van der Waals surface area contributed by atoms with E-state index in [4.69, 9.17) is 4.74 Å². The second-order valence-corrected chi connectivity index (χ2v) is 5.64. The van der Waals surface area contributed by atoms with Crippen LogP contribution in [-0.2, 0) is 13.0 Å². The standard InChI is InChI=1S/C16H16BrNO/c17-13-5-2-6-14(10-13)19-11-12-4-1-8-16-15(12)7-3-9-18-16/h1-2,4-6,8,10,18H,3,7,9,11H2. The molecule has 1 heterocycles. The van der Waals surface area contributed by atoms with E-state index in [0.717, 1.165) is 23.2 Å². The van der Waals surface area contributed by atoms with Crippen LogP contribution in [0.25, 0.3) is 0 Å². The third kappa shape index (κ3) is 2.92. The molecule has 3 heteroatoms. The number of nitrogens with one attached hydrogen (secondary N) is 1. The Labute approximate surface area is 121 Å². The van der Waals surface area contributed by atoms with Crippen LogP contribution in [0.5, 0.6) is 5.75 Å². The van der Waals surface area contributed by atoms with Crippen molar-refractivity contribution >= 4 is 21.6 Å². The van der Waals surface area contributed by atoms with Crippen molar-refractivity contribution in [3.8, 4) is 5.75 Å². The van der Waals surface area contributed by atoms with Gasteiger partial charge in [0.1, 0.15) is 12.4 Å². The Morgan fingerprint density at radius 1 is 1.16 bits per heavy atom. The summed E-state index contributed by atoms with van der Waals surface area (Å²) in [6.07, 6.45) is 2.33. The van der Waals surface area contributed by atoms with Gasteiger partial charge in [0.05, 0.1) is 0 Å². The van der Waals surface area contributed by atoms with E-state index in [1.165, 1.54) is 23.2 Å². The Morgan fingerprint density at radius 2 is 2.05 bits per heavy atom. The van der Waals surface area contributed by atoms with Crippen molar-refractivity contribution < 1.29 is 4.74 Å². The first-order valence-corrected chi connectivity index (χ1v) is 7.35. The molecule has 0 radical (unpaired) electrons. The van der Waals surface area contributed by atoms with Crippen molar-refractivity contribution in [3.63, 3.8) is 0 Å². The monoisotopic (exact) mass is 317 g/mol. The van der Waals surface area contributed by atoms with Gasteiger partial charge >= 0.3 is 0 Å². The molecule has 0 bridgehead atoms. The van der Waals surface area contributed by atoms with Gasteiger partial charge in [-0.15, -0.1) is 0 Å². The molecule has 0 aromatic heterocycles. The van der Waals surface area contributed by atoms with Crippen molar-refractivity contribution in [3.05, 3.63) is 58.1 Å². The lowest BCUT2D eigenvalue weighted by Crippen LogP contribution is -2.14. The van der Waals surface area contributed by atoms with Crippen LogP contribution in [0.4, 0.5) is 5.69 Å². The average molecular weight is 318 g/mol. The highest BCUT2D eigenvalue weighted by atomic mass is 79.9. The number of rotatable bonds is 3. The number of hydrogen-bond donors (Lipinski definition) is 1. The molecule has 2 aromatic rings. The van der Waals surface area contributed by atoms with Crippen molar-refractivity contribution in [2.75, 3.05) is 11.9 Å². The zero-order valence-corrected chi connectivity index (χ0v) is 12.2. The fourth-order valence-corrected chi connectivity index (χ4v) is 2.82. The summed E-state index contributed by atoms with van der Waals surface area (Å²) in [4.78, 5) is 0. The zero-order chi connectivity index (χ0) is 13.1. The summed E-state index contributed by atoms with van der Waals surface area (Å²) in [6, 6.07) is 14.4.